The maximum absolute atomic E-state index is 13.0. The van der Waals surface area contributed by atoms with Gasteiger partial charge in [-0.3, -0.25) is 14.5 Å². The van der Waals surface area contributed by atoms with Gasteiger partial charge in [-0.2, -0.15) is 0 Å². The molecule has 0 saturated carbocycles. The van der Waals surface area contributed by atoms with Gasteiger partial charge in [0.05, 0.1) is 6.54 Å². The van der Waals surface area contributed by atoms with E-state index in [-0.39, 0.29) is 17.9 Å². The Morgan fingerprint density at radius 3 is 2.59 bits per heavy atom. The normalized spacial score (nSPS) is 17.4. The summed E-state index contributed by atoms with van der Waals surface area (Å²) in [5.74, 6) is 0.115. The fourth-order valence-electron chi connectivity index (χ4n) is 3.89. The molecule has 29 heavy (non-hydrogen) atoms. The van der Waals surface area contributed by atoms with Gasteiger partial charge < -0.3 is 10.2 Å². The first-order chi connectivity index (χ1) is 14.1. The first-order valence-corrected chi connectivity index (χ1v) is 10.5. The van der Waals surface area contributed by atoms with Crippen LogP contribution in [0.25, 0.3) is 11.1 Å². The Morgan fingerprint density at radius 1 is 1.10 bits per heavy atom. The van der Waals surface area contributed by atoms with Crippen LogP contribution in [0.2, 0.25) is 0 Å². The minimum Gasteiger partial charge on any atom is -0.359 e. The van der Waals surface area contributed by atoms with E-state index >= 15 is 0 Å². The first kappa shape index (κ1) is 21.1. The van der Waals surface area contributed by atoms with E-state index in [1.165, 1.54) is 0 Å². The van der Waals surface area contributed by atoms with E-state index in [2.05, 4.69) is 41.4 Å². The third kappa shape index (κ3) is 5.45. The Kier molecular flexibility index (Phi) is 7.42. The van der Waals surface area contributed by atoms with Crippen LogP contribution in [-0.4, -0.2) is 49.4 Å². The molecule has 1 aliphatic rings. The second kappa shape index (κ2) is 10.2. The lowest BCUT2D eigenvalue weighted by molar-refractivity contribution is -0.125. The Labute approximate surface area is 173 Å². The molecular weight excluding hydrogens is 362 g/mol. The fraction of sp³-hybridized carbons (Fsp3) is 0.417. The molecule has 5 nitrogen and oxygen atoms in total. The number of amides is 2. The fourth-order valence-corrected chi connectivity index (χ4v) is 3.89. The number of hydrogen-bond donors (Lipinski definition) is 1. The number of carbonyl (C=O) groups is 2. The van der Waals surface area contributed by atoms with Gasteiger partial charge in [0.2, 0.25) is 11.8 Å². The third-order valence-corrected chi connectivity index (χ3v) is 5.61. The maximum Gasteiger partial charge on any atom is 0.241 e. The number of piperazine rings is 1. The molecule has 1 N–H and O–H groups in total. The molecule has 154 valence electrons. The van der Waals surface area contributed by atoms with Crippen molar-refractivity contribution >= 4 is 17.5 Å². The first-order valence-electron chi connectivity index (χ1n) is 10.5. The Balaban J connectivity index is 1.78. The van der Waals surface area contributed by atoms with Crippen LogP contribution in [0.15, 0.2) is 54.6 Å². The number of rotatable bonds is 8. The van der Waals surface area contributed by atoms with Gasteiger partial charge in [0.15, 0.2) is 0 Å². The average molecular weight is 394 g/mol. The van der Waals surface area contributed by atoms with Crippen molar-refractivity contribution in [1.29, 1.82) is 0 Å². The molecule has 1 heterocycles. The van der Waals surface area contributed by atoms with Gasteiger partial charge in [-0.05, 0) is 29.7 Å². The van der Waals surface area contributed by atoms with Crippen LogP contribution in [0.4, 0.5) is 5.69 Å². The quantitative estimate of drug-likeness (QED) is 0.744. The molecular formula is C24H31N3O2. The number of anilines is 1. The summed E-state index contributed by atoms with van der Waals surface area (Å²) in [5, 5.41) is 2.67. The number of nitrogens with zero attached hydrogens (tertiary/aromatic N) is 2. The van der Waals surface area contributed by atoms with Gasteiger partial charge in [0.1, 0.15) is 0 Å². The minimum atomic E-state index is 0.0182. The van der Waals surface area contributed by atoms with Crippen molar-refractivity contribution in [2.24, 2.45) is 0 Å². The molecule has 1 aliphatic heterocycles. The van der Waals surface area contributed by atoms with Crippen molar-refractivity contribution in [2.45, 2.75) is 38.6 Å². The smallest absolute Gasteiger partial charge is 0.241 e. The second-order valence-electron chi connectivity index (χ2n) is 7.61. The summed E-state index contributed by atoms with van der Waals surface area (Å²) in [5.41, 5.74) is 3.21. The summed E-state index contributed by atoms with van der Waals surface area (Å²) in [7, 11) is 1.65. The molecule has 0 aliphatic carbocycles. The van der Waals surface area contributed by atoms with Gasteiger partial charge in [0.25, 0.3) is 0 Å². The van der Waals surface area contributed by atoms with Crippen molar-refractivity contribution in [3.8, 4) is 11.1 Å². The second-order valence-corrected chi connectivity index (χ2v) is 7.61. The van der Waals surface area contributed by atoms with Crippen LogP contribution in [-0.2, 0) is 9.59 Å². The lowest BCUT2D eigenvalue weighted by Gasteiger charge is -2.41. The Morgan fingerprint density at radius 2 is 1.86 bits per heavy atom. The van der Waals surface area contributed by atoms with E-state index in [1.54, 1.807) is 7.05 Å². The van der Waals surface area contributed by atoms with Crippen molar-refractivity contribution in [1.82, 2.24) is 10.2 Å². The van der Waals surface area contributed by atoms with Crippen molar-refractivity contribution < 1.29 is 9.59 Å². The summed E-state index contributed by atoms with van der Waals surface area (Å²) in [6.45, 7) is 3.84. The van der Waals surface area contributed by atoms with Crippen molar-refractivity contribution in [3.63, 3.8) is 0 Å². The van der Waals surface area contributed by atoms with E-state index in [9.17, 15) is 9.59 Å². The predicted molar refractivity (Wildman–Crippen MR) is 118 cm³/mol. The van der Waals surface area contributed by atoms with Crippen molar-refractivity contribution in [3.05, 3.63) is 54.6 Å². The zero-order valence-corrected chi connectivity index (χ0v) is 17.4. The lowest BCUT2D eigenvalue weighted by atomic mass is 10.0. The number of unbranched alkanes of at least 4 members (excludes halogenated alkanes) is 1. The number of nitrogens with one attached hydrogen (secondary N) is 1. The van der Waals surface area contributed by atoms with E-state index in [4.69, 9.17) is 0 Å². The Bertz CT molecular complexity index is 822. The molecule has 5 heteroatoms. The number of benzene rings is 2. The monoisotopic (exact) mass is 393 g/mol. The highest BCUT2D eigenvalue weighted by Crippen LogP contribution is 2.27. The summed E-state index contributed by atoms with van der Waals surface area (Å²) >= 11 is 0. The van der Waals surface area contributed by atoms with Crippen LogP contribution in [0.3, 0.4) is 0 Å². The molecule has 1 fully saturated rings. The van der Waals surface area contributed by atoms with Crippen LogP contribution >= 0.6 is 0 Å². The maximum atomic E-state index is 13.0. The zero-order valence-electron chi connectivity index (χ0n) is 17.4. The highest BCUT2D eigenvalue weighted by atomic mass is 16.2. The molecule has 0 radical (unpaired) electrons. The molecule has 2 aromatic carbocycles. The van der Waals surface area contributed by atoms with E-state index in [0.717, 1.165) is 36.1 Å². The molecule has 0 spiro atoms. The molecule has 1 saturated heterocycles. The van der Waals surface area contributed by atoms with Gasteiger partial charge >= 0.3 is 0 Å². The zero-order chi connectivity index (χ0) is 20.6. The molecule has 1 atom stereocenters. The summed E-state index contributed by atoms with van der Waals surface area (Å²) in [4.78, 5) is 28.8. The molecule has 2 amide bonds. The Hall–Kier alpha value is -2.66. The molecule has 0 bridgehead atoms. The largest absolute Gasteiger partial charge is 0.359 e. The number of carbonyl (C=O) groups excluding carboxylic acids is 2. The van der Waals surface area contributed by atoms with Crippen molar-refractivity contribution in [2.75, 3.05) is 31.6 Å². The minimum absolute atomic E-state index is 0.0182. The predicted octanol–water partition coefficient (Wildman–Crippen LogP) is 3.70. The average Bonchev–Trinajstić information content (AvgIpc) is 2.77. The summed E-state index contributed by atoms with van der Waals surface area (Å²) in [6, 6.07) is 18.7. The highest BCUT2D eigenvalue weighted by Gasteiger charge is 2.32. The van der Waals surface area contributed by atoms with E-state index in [1.807, 2.05) is 35.2 Å². The lowest BCUT2D eigenvalue weighted by Crippen LogP contribution is -2.56. The molecule has 0 aromatic heterocycles. The van der Waals surface area contributed by atoms with E-state index < -0.39 is 0 Å². The van der Waals surface area contributed by atoms with Gasteiger partial charge in [0, 0.05) is 38.3 Å². The topological polar surface area (TPSA) is 52.7 Å². The number of hydrogen-bond acceptors (Lipinski definition) is 3. The standard InChI is InChI=1S/C24H31N3O2/c1-3-4-12-22-17-27(24(29)18-26(22)15-14-23(28)25-2)21-13-8-11-20(16-21)19-9-6-5-7-10-19/h5-11,13,16,22H,3-4,12,14-15,17-18H2,1-2H3,(H,25,28). The summed E-state index contributed by atoms with van der Waals surface area (Å²) in [6.07, 6.45) is 3.70. The van der Waals surface area contributed by atoms with Gasteiger partial charge in [-0.1, -0.05) is 62.2 Å². The molecule has 2 aromatic rings. The van der Waals surface area contributed by atoms with Crippen LogP contribution < -0.4 is 10.2 Å². The van der Waals surface area contributed by atoms with Crippen LogP contribution in [0.1, 0.15) is 32.6 Å². The van der Waals surface area contributed by atoms with Gasteiger partial charge in [-0.25, -0.2) is 0 Å². The van der Waals surface area contributed by atoms with E-state index in [0.29, 0.717) is 26.1 Å². The molecule has 3 rings (SSSR count). The molecule has 1 unspecified atom stereocenters. The van der Waals surface area contributed by atoms with Gasteiger partial charge in [-0.15, -0.1) is 0 Å². The van der Waals surface area contributed by atoms with Crippen LogP contribution in [0, 0.1) is 0 Å². The van der Waals surface area contributed by atoms with Crippen LogP contribution in [0.5, 0.6) is 0 Å². The SMILES string of the molecule is CCCCC1CN(c2cccc(-c3ccccc3)c2)C(=O)CN1CCC(=O)NC. The third-order valence-electron chi connectivity index (χ3n) is 5.61. The highest BCUT2D eigenvalue weighted by molar-refractivity contribution is 5.96. The summed E-state index contributed by atoms with van der Waals surface area (Å²) < 4.78 is 0.